The van der Waals surface area contributed by atoms with Gasteiger partial charge in [0.05, 0.1) is 6.04 Å². The van der Waals surface area contributed by atoms with E-state index in [1.807, 2.05) is 61.5 Å². The maximum atomic E-state index is 12.4. The maximum Gasteiger partial charge on any atom is 0.241 e. The van der Waals surface area contributed by atoms with E-state index in [9.17, 15) is 9.59 Å². The second kappa shape index (κ2) is 8.83. The number of amides is 2. The number of rotatable bonds is 5. The van der Waals surface area contributed by atoms with Crippen LogP contribution in [0, 0.1) is 0 Å². The summed E-state index contributed by atoms with van der Waals surface area (Å²) in [7, 11) is 0. The highest BCUT2D eigenvalue weighted by molar-refractivity contribution is 5.95. The Hall–Kier alpha value is -2.37. The Kier molecular flexibility index (Phi) is 6.77. The van der Waals surface area contributed by atoms with Gasteiger partial charge in [-0.2, -0.15) is 0 Å². The zero-order chi connectivity index (χ0) is 17.8. The number of benzene rings is 2. The van der Waals surface area contributed by atoms with Crippen molar-refractivity contribution in [2.24, 2.45) is 5.73 Å². The molecule has 0 aliphatic carbocycles. The van der Waals surface area contributed by atoms with Crippen LogP contribution >= 0.6 is 12.4 Å². The molecule has 2 amide bonds. The summed E-state index contributed by atoms with van der Waals surface area (Å²) in [5.74, 6) is -0.0413. The summed E-state index contributed by atoms with van der Waals surface area (Å²) in [5, 5.41) is 2.95. The lowest BCUT2D eigenvalue weighted by atomic mass is 10.0. The molecular weight excluding hydrogens is 350 g/mol. The summed E-state index contributed by atoms with van der Waals surface area (Å²) in [6.45, 7) is 2.70. The van der Waals surface area contributed by atoms with Crippen LogP contribution in [0.1, 0.15) is 43.0 Å². The molecule has 2 aromatic carbocycles. The first-order valence-corrected chi connectivity index (χ1v) is 8.57. The van der Waals surface area contributed by atoms with Crippen LogP contribution in [-0.4, -0.2) is 18.4 Å². The second-order valence-electron chi connectivity index (χ2n) is 6.36. The van der Waals surface area contributed by atoms with Gasteiger partial charge in [0.15, 0.2) is 0 Å². The van der Waals surface area contributed by atoms with Crippen LogP contribution in [0.2, 0.25) is 0 Å². The number of nitrogens with two attached hydrogens (primary N) is 1. The van der Waals surface area contributed by atoms with E-state index in [4.69, 9.17) is 5.73 Å². The molecule has 2 atom stereocenters. The fraction of sp³-hybridized carbons (Fsp3) is 0.300. The van der Waals surface area contributed by atoms with Gasteiger partial charge >= 0.3 is 0 Å². The minimum absolute atomic E-state index is 0. The van der Waals surface area contributed by atoms with Gasteiger partial charge in [-0.3, -0.25) is 9.59 Å². The highest BCUT2D eigenvalue weighted by Gasteiger charge is 2.22. The third kappa shape index (κ3) is 4.42. The van der Waals surface area contributed by atoms with Gasteiger partial charge < -0.3 is 16.0 Å². The molecule has 0 saturated carbocycles. The van der Waals surface area contributed by atoms with E-state index >= 15 is 0 Å². The first-order chi connectivity index (χ1) is 12.1. The largest absolute Gasteiger partial charge is 0.348 e. The molecule has 0 spiro atoms. The van der Waals surface area contributed by atoms with Crippen molar-refractivity contribution < 1.29 is 9.59 Å². The molecule has 138 valence electrons. The Labute approximate surface area is 160 Å². The van der Waals surface area contributed by atoms with Gasteiger partial charge in [0.1, 0.15) is 6.04 Å². The Morgan fingerprint density at radius 2 is 1.73 bits per heavy atom. The van der Waals surface area contributed by atoms with Crippen molar-refractivity contribution in [3.05, 3.63) is 65.7 Å². The molecular formula is C20H24ClN3O2. The molecule has 0 radical (unpaired) electrons. The molecule has 1 saturated heterocycles. The molecule has 3 N–H and O–H groups in total. The minimum atomic E-state index is -0.690. The summed E-state index contributed by atoms with van der Waals surface area (Å²) < 4.78 is 0. The Balaban J connectivity index is 0.00000243. The zero-order valence-electron chi connectivity index (χ0n) is 14.7. The summed E-state index contributed by atoms with van der Waals surface area (Å²) in [6, 6.07) is 16.2. The first kappa shape index (κ1) is 19.9. The van der Waals surface area contributed by atoms with Gasteiger partial charge in [-0.25, -0.2) is 0 Å². The molecule has 1 fully saturated rings. The number of halogens is 1. The fourth-order valence-corrected chi connectivity index (χ4v) is 3.06. The molecule has 26 heavy (non-hydrogen) atoms. The predicted octanol–water partition coefficient (Wildman–Crippen LogP) is 3.11. The number of hydrogen-bond donors (Lipinski definition) is 2. The molecule has 5 nitrogen and oxygen atoms in total. The monoisotopic (exact) mass is 373 g/mol. The Morgan fingerprint density at radius 3 is 2.31 bits per heavy atom. The third-order valence-electron chi connectivity index (χ3n) is 4.58. The summed E-state index contributed by atoms with van der Waals surface area (Å²) >= 11 is 0. The number of nitrogens with zero attached hydrogens (tertiary/aromatic N) is 1. The van der Waals surface area contributed by atoms with Gasteiger partial charge in [0.2, 0.25) is 11.8 Å². The van der Waals surface area contributed by atoms with E-state index in [1.165, 1.54) is 0 Å². The van der Waals surface area contributed by atoms with Gasteiger partial charge in [-0.1, -0.05) is 42.5 Å². The van der Waals surface area contributed by atoms with E-state index in [-0.39, 0.29) is 30.3 Å². The number of carbonyl (C=O) groups is 2. The van der Waals surface area contributed by atoms with Crippen molar-refractivity contribution in [3.63, 3.8) is 0 Å². The molecule has 2 aromatic rings. The molecule has 1 aliphatic rings. The van der Waals surface area contributed by atoms with E-state index < -0.39 is 6.04 Å². The van der Waals surface area contributed by atoms with Crippen LogP contribution in [0.5, 0.6) is 0 Å². The minimum Gasteiger partial charge on any atom is -0.348 e. The molecule has 1 aliphatic heterocycles. The highest BCUT2D eigenvalue weighted by atomic mass is 35.5. The molecule has 0 bridgehead atoms. The average molecular weight is 374 g/mol. The van der Waals surface area contributed by atoms with E-state index in [1.54, 1.807) is 4.90 Å². The zero-order valence-corrected chi connectivity index (χ0v) is 15.5. The third-order valence-corrected chi connectivity index (χ3v) is 4.58. The fourth-order valence-electron chi connectivity index (χ4n) is 3.06. The quantitative estimate of drug-likeness (QED) is 0.845. The normalized spacial score (nSPS) is 15.9. The van der Waals surface area contributed by atoms with Gasteiger partial charge in [0.25, 0.3) is 0 Å². The summed E-state index contributed by atoms with van der Waals surface area (Å²) in [4.78, 5) is 26.0. The molecule has 6 heteroatoms. The van der Waals surface area contributed by atoms with Gasteiger partial charge in [-0.15, -0.1) is 12.4 Å². The molecule has 3 rings (SSSR count). The maximum absolute atomic E-state index is 12.4. The van der Waals surface area contributed by atoms with Crippen molar-refractivity contribution in [1.29, 1.82) is 0 Å². The summed E-state index contributed by atoms with van der Waals surface area (Å²) in [6.07, 6.45) is 1.52. The number of carbonyl (C=O) groups excluding carboxylic acids is 2. The van der Waals surface area contributed by atoms with Crippen LogP contribution in [0.15, 0.2) is 54.6 Å². The lowest BCUT2D eigenvalue weighted by Crippen LogP contribution is -2.35. The van der Waals surface area contributed by atoms with Crippen LogP contribution in [-0.2, 0) is 9.59 Å². The van der Waals surface area contributed by atoms with Crippen LogP contribution in [0.25, 0.3) is 0 Å². The van der Waals surface area contributed by atoms with E-state index in [0.717, 1.165) is 29.8 Å². The number of nitrogens with one attached hydrogen (secondary N) is 1. The predicted molar refractivity (Wildman–Crippen MR) is 105 cm³/mol. The number of anilines is 1. The Morgan fingerprint density at radius 1 is 1.08 bits per heavy atom. The molecule has 2 unspecified atom stereocenters. The van der Waals surface area contributed by atoms with E-state index in [0.29, 0.717) is 6.42 Å². The highest BCUT2D eigenvalue weighted by Crippen LogP contribution is 2.23. The van der Waals surface area contributed by atoms with E-state index in [2.05, 4.69) is 5.32 Å². The van der Waals surface area contributed by atoms with Crippen LogP contribution < -0.4 is 16.0 Å². The summed E-state index contributed by atoms with van der Waals surface area (Å²) in [5.41, 5.74) is 8.70. The average Bonchev–Trinajstić information content (AvgIpc) is 3.07. The van der Waals surface area contributed by atoms with Gasteiger partial charge in [0, 0.05) is 18.7 Å². The van der Waals surface area contributed by atoms with Crippen molar-refractivity contribution in [2.75, 3.05) is 11.4 Å². The van der Waals surface area contributed by atoms with Crippen molar-refractivity contribution >= 4 is 29.9 Å². The van der Waals surface area contributed by atoms with Crippen molar-refractivity contribution in [1.82, 2.24) is 5.32 Å². The topological polar surface area (TPSA) is 75.4 Å². The first-order valence-electron chi connectivity index (χ1n) is 8.57. The standard InChI is InChI=1S/C20H23N3O2.ClH/c1-14(22-20(25)19(21)16-6-3-2-4-7-16)15-9-11-17(12-10-15)23-13-5-8-18(23)24;/h2-4,6-7,9-12,14,19H,5,8,13,21H2,1H3,(H,22,25);1H. The van der Waals surface area contributed by atoms with Gasteiger partial charge in [-0.05, 0) is 36.6 Å². The lowest BCUT2D eigenvalue weighted by Gasteiger charge is -2.20. The lowest BCUT2D eigenvalue weighted by molar-refractivity contribution is -0.123. The Bertz CT molecular complexity index is 749. The van der Waals surface area contributed by atoms with Crippen LogP contribution in [0.3, 0.4) is 0 Å². The molecule has 1 heterocycles. The molecule has 0 aromatic heterocycles. The SMILES string of the molecule is CC(NC(=O)C(N)c1ccccc1)c1ccc(N2CCCC2=O)cc1.Cl. The number of hydrogen-bond acceptors (Lipinski definition) is 3. The smallest absolute Gasteiger partial charge is 0.241 e. The van der Waals surface area contributed by atoms with Crippen LogP contribution in [0.4, 0.5) is 5.69 Å². The van der Waals surface area contributed by atoms with Crippen molar-refractivity contribution in [2.45, 2.75) is 31.8 Å². The second-order valence-corrected chi connectivity index (χ2v) is 6.36. The van der Waals surface area contributed by atoms with Crippen molar-refractivity contribution in [3.8, 4) is 0 Å².